The lowest BCUT2D eigenvalue weighted by molar-refractivity contribution is -0.130. The number of nitrogens with one attached hydrogen (secondary N) is 1. The molecule has 1 aromatic rings. The van der Waals surface area contributed by atoms with Crippen molar-refractivity contribution in [2.24, 2.45) is 0 Å². The van der Waals surface area contributed by atoms with Crippen LogP contribution in [0.25, 0.3) is 0 Å². The second-order valence-electron chi connectivity index (χ2n) is 3.12. The second kappa shape index (κ2) is 3.82. The highest BCUT2D eigenvalue weighted by Gasteiger charge is 2.23. The van der Waals surface area contributed by atoms with Crippen molar-refractivity contribution in [1.29, 1.82) is 0 Å². The lowest BCUT2D eigenvalue weighted by Gasteiger charge is -2.25. The largest absolute Gasteiger partial charge is 0.345 e. The van der Waals surface area contributed by atoms with Gasteiger partial charge in [0.25, 0.3) is 0 Å². The van der Waals surface area contributed by atoms with Crippen molar-refractivity contribution in [3.8, 4) is 0 Å². The topological polar surface area (TPSA) is 66.5 Å². The van der Waals surface area contributed by atoms with Crippen molar-refractivity contribution >= 4 is 34.4 Å². The zero-order valence-corrected chi connectivity index (χ0v) is 8.54. The SMILES string of the molecule is O=Cc1ccc(N2CC(=O)NC(=O)C2)s1. The van der Waals surface area contributed by atoms with Gasteiger partial charge in [-0.05, 0) is 12.1 Å². The number of aldehydes is 1. The van der Waals surface area contributed by atoms with Crippen LogP contribution in [0.3, 0.4) is 0 Å². The second-order valence-corrected chi connectivity index (χ2v) is 4.22. The molecule has 1 aromatic heterocycles. The predicted molar refractivity (Wildman–Crippen MR) is 55.1 cm³/mol. The molecule has 2 rings (SSSR count). The van der Waals surface area contributed by atoms with Gasteiger partial charge in [0, 0.05) is 0 Å². The first kappa shape index (κ1) is 9.85. The van der Waals surface area contributed by atoms with E-state index in [0.717, 1.165) is 11.3 Å². The third kappa shape index (κ3) is 2.04. The summed E-state index contributed by atoms with van der Waals surface area (Å²) in [6.07, 6.45) is 0.750. The Balaban J connectivity index is 2.19. The molecule has 1 fully saturated rings. The van der Waals surface area contributed by atoms with Crippen molar-refractivity contribution in [3.05, 3.63) is 17.0 Å². The van der Waals surface area contributed by atoms with Crippen molar-refractivity contribution in [3.63, 3.8) is 0 Å². The van der Waals surface area contributed by atoms with Gasteiger partial charge in [-0.2, -0.15) is 0 Å². The standard InChI is InChI=1S/C9H8N2O3S/c12-5-6-1-2-9(15-6)11-3-7(13)10-8(14)4-11/h1-2,5H,3-4H2,(H,10,13,14). The van der Waals surface area contributed by atoms with Crippen LogP contribution in [0, 0.1) is 0 Å². The fourth-order valence-electron chi connectivity index (χ4n) is 1.37. The molecule has 0 aromatic carbocycles. The number of hydrogen-bond acceptors (Lipinski definition) is 5. The third-order valence-electron chi connectivity index (χ3n) is 1.99. The van der Waals surface area contributed by atoms with E-state index in [1.807, 2.05) is 0 Å². The molecule has 2 heterocycles. The van der Waals surface area contributed by atoms with Crippen LogP contribution in [-0.2, 0) is 9.59 Å². The van der Waals surface area contributed by atoms with Crippen LogP contribution in [-0.4, -0.2) is 31.2 Å². The van der Waals surface area contributed by atoms with E-state index in [2.05, 4.69) is 5.32 Å². The summed E-state index contributed by atoms with van der Waals surface area (Å²) in [6.45, 7) is 0.315. The maximum atomic E-state index is 11.1. The summed E-state index contributed by atoms with van der Waals surface area (Å²) in [5, 5.41) is 2.98. The van der Waals surface area contributed by atoms with E-state index < -0.39 is 0 Å². The Hall–Kier alpha value is -1.69. The van der Waals surface area contributed by atoms with Crippen LogP contribution in [0.15, 0.2) is 12.1 Å². The van der Waals surface area contributed by atoms with Crippen LogP contribution in [0.2, 0.25) is 0 Å². The first-order valence-electron chi connectivity index (χ1n) is 4.31. The minimum absolute atomic E-state index is 0.157. The first-order chi connectivity index (χ1) is 7.19. The lowest BCUT2D eigenvalue weighted by Crippen LogP contribution is -2.51. The first-order valence-corrected chi connectivity index (χ1v) is 5.13. The summed E-state index contributed by atoms with van der Waals surface area (Å²) in [6, 6.07) is 3.41. The Morgan fingerprint density at radius 2 is 1.93 bits per heavy atom. The molecule has 0 spiro atoms. The minimum Gasteiger partial charge on any atom is -0.345 e. The molecule has 1 aliphatic heterocycles. The molecule has 0 radical (unpaired) electrons. The van der Waals surface area contributed by atoms with Crippen molar-refractivity contribution in [2.45, 2.75) is 0 Å². The summed E-state index contributed by atoms with van der Waals surface area (Å²) in [7, 11) is 0. The van der Waals surface area contributed by atoms with Crippen LogP contribution in [0.5, 0.6) is 0 Å². The molecule has 1 N–H and O–H groups in total. The average Bonchev–Trinajstić information content (AvgIpc) is 2.64. The molecule has 2 amide bonds. The number of anilines is 1. The lowest BCUT2D eigenvalue weighted by atomic mass is 10.3. The number of carbonyl (C=O) groups is 3. The normalized spacial score (nSPS) is 16.4. The van der Waals surface area contributed by atoms with Crippen LogP contribution in [0.1, 0.15) is 9.67 Å². The van der Waals surface area contributed by atoms with Gasteiger partial charge >= 0.3 is 0 Å². The maximum absolute atomic E-state index is 11.1. The summed E-state index contributed by atoms with van der Waals surface area (Å²) in [5.74, 6) is -0.625. The van der Waals surface area contributed by atoms with E-state index in [0.29, 0.717) is 4.88 Å². The highest BCUT2D eigenvalue weighted by atomic mass is 32.1. The predicted octanol–water partition coefficient (Wildman–Crippen LogP) is 0.0234. The van der Waals surface area contributed by atoms with E-state index in [4.69, 9.17) is 0 Å². The molecule has 1 aliphatic rings. The quantitative estimate of drug-likeness (QED) is 0.568. The van der Waals surface area contributed by atoms with Gasteiger partial charge in [0.1, 0.15) is 0 Å². The smallest absolute Gasteiger partial charge is 0.246 e. The van der Waals surface area contributed by atoms with Crippen molar-refractivity contribution in [1.82, 2.24) is 5.32 Å². The molecule has 0 aliphatic carbocycles. The summed E-state index contributed by atoms with van der Waals surface area (Å²) < 4.78 is 0. The van der Waals surface area contributed by atoms with Crippen LogP contribution >= 0.6 is 11.3 Å². The zero-order valence-electron chi connectivity index (χ0n) is 7.73. The number of thiophene rings is 1. The number of hydrogen-bond donors (Lipinski definition) is 1. The molecule has 0 bridgehead atoms. The number of rotatable bonds is 2. The number of carbonyl (C=O) groups excluding carboxylic acids is 3. The number of piperazine rings is 1. The monoisotopic (exact) mass is 224 g/mol. The van der Waals surface area contributed by atoms with Crippen molar-refractivity contribution in [2.75, 3.05) is 18.0 Å². The number of amides is 2. The Bertz CT molecular complexity index is 411. The Morgan fingerprint density at radius 1 is 1.27 bits per heavy atom. The fourth-order valence-corrected chi connectivity index (χ4v) is 2.19. The highest BCUT2D eigenvalue weighted by Crippen LogP contribution is 2.25. The minimum atomic E-state index is -0.313. The van der Waals surface area contributed by atoms with Gasteiger partial charge in [-0.15, -0.1) is 11.3 Å². The van der Waals surface area contributed by atoms with Gasteiger partial charge in [-0.3, -0.25) is 19.7 Å². The maximum Gasteiger partial charge on any atom is 0.246 e. The molecule has 0 atom stereocenters. The van der Waals surface area contributed by atoms with E-state index in [1.165, 1.54) is 11.3 Å². The Labute approximate surface area is 89.7 Å². The molecular weight excluding hydrogens is 216 g/mol. The van der Waals surface area contributed by atoms with Crippen LogP contribution < -0.4 is 10.2 Å². The molecule has 1 saturated heterocycles. The van der Waals surface area contributed by atoms with Gasteiger partial charge < -0.3 is 4.90 Å². The summed E-state index contributed by atoms with van der Waals surface area (Å²) in [5.41, 5.74) is 0. The van der Waals surface area contributed by atoms with Gasteiger partial charge in [0.15, 0.2) is 6.29 Å². The number of imide groups is 1. The molecule has 15 heavy (non-hydrogen) atoms. The number of nitrogens with zero attached hydrogens (tertiary/aromatic N) is 1. The van der Waals surface area contributed by atoms with Gasteiger partial charge in [-0.25, -0.2) is 0 Å². The van der Waals surface area contributed by atoms with Crippen molar-refractivity contribution < 1.29 is 14.4 Å². The molecule has 5 nitrogen and oxygen atoms in total. The molecule has 0 unspecified atom stereocenters. The van der Waals surface area contributed by atoms with E-state index in [1.54, 1.807) is 17.0 Å². The summed E-state index contributed by atoms with van der Waals surface area (Å²) >= 11 is 1.27. The molecular formula is C9H8N2O3S. The van der Waals surface area contributed by atoms with Crippen LogP contribution in [0.4, 0.5) is 5.00 Å². The Morgan fingerprint density at radius 3 is 2.47 bits per heavy atom. The van der Waals surface area contributed by atoms with Gasteiger partial charge in [0.2, 0.25) is 11.8 Å². The van der Waals surface area contributed by atoms with E-state index in [9.17, 15) is 14.4 Å². The highest BCUT2D eigenvalue weighted by molar-refractivity contribution is 7.17. The zero-order chi connectivity index (χ0) is 10.8. The summed E-state index contributed by atoms with van der Waals surface area (Å²) in [4.78, 5) is 34.9. The molecule has 0 saturated carbocycles. The Kier molecular flexibility index (Phi) is 2.51. The fraction of sp³-hybridized carbons (Fsp3) is 0.222. The van der Waals surface area contributed by atoms with E-state index >= 15 is 0 Å². The average molecular weight is 224 g/mol. The third-order valence-corrected chi connectivity index (χ3v) is 3.06. The van der Waals surface area contributed by atoms with E-state index in [-0.39, 0.29) is 24.9 Å². The molecule has 6 heteroatoms. The molecule has 78 valence electrons. The van der Waals surface area contributed by atoms with Gasteiger partial charge in [0.05, 0.1) is 23.0 Å². The van der Waals surface area contributed by atoms with Gasteiger partial charge in [-0.1, -0.05) is 0 Å².